The lowest BCUT2D eigenvalue weighted by atomic mass is 10.2. The fourth-order valence-corrected chi connectivity index (χ4v) is 2.42. The monoisotopic (exact) mass is 208 g/mol. The summed E-state index contributed by atoms with van der Waals surface area (Å²) in [6.07, 6.45) is 4.89. The molecule has 0 aromatic carbocycles. The molecule has 1 aliphatic rings. The van der Waals surface area contributed by atoms with Gasteiger partial charge in [-0.15, -0.1) is 0 Å². The predicted octanol–water partition coefficient (Wildman–Crippen LogP) is 2.09. The molecule has 0 aliphatic heterocycles. The fourth-order valence-electron chi connectivity index (χ4n) is 2.42. The summed E-state index contributed by atoms with van der Waals surface area (Å²) in [6.45, 7) is 4.27. The van der Waals surface area contributed by atoms with E-state index in [-0.39, 0.29) is 12.1 Å². The van der Waals surface area contributed by atoms with Crippen molar-refractivity contribution in [2.24, 2.45) is 0 Å². The Balaban J connectivity index is 2.29. The highest BCUT2D eigenvalue weighted by atomic mass is 16.3. The van der Waals surface area contributed by atoms with Gasteiger partial charge in [-0.1, -0.05) is 13.8 Å². The third-order valence-electron chi connectivity index (χ3n) is 3.35. The molecule has 1 saturated carbocycles. The second-order valence-corrected chi connectivity index (χ2v) is 4.34. The van der Waals surface area contributed by atoms with Crippen LogP contribution in [0.2, 0.25) is 0 Å². The van der Waals surface area contributed by atoms with E-state index in [1.54, 1.807) is 0 Å². The van der Waals surface area contributed by atoms with Crippen LogP contribution in [0, 0.1) is 0 Å². The minimum Gasteiger partial charge on any atom is -0.391 e. The van der Waals surface area contributed by atoms with E-state index in [4.69, 9.17) is 0 Å². The van der Waals surface area contributed by atoms with Crippen molar-refractivity contribution in [1.29, 1.82) is 0 Å². The van der Waals surface area contributed by atoms with Gasteiger partial charge in [-0.3, -0.25) is 4.68 Å². The van der Waals surface area contributed by atoms with E-state index < -0.39 is 0 Å². The summed E-state index contributed by atoms with van der Waals surface area (Å²) in [5.74, 6) is 0. The van der Waals surface area contributed by atoms with E-state index in [0.29, 0.717) is 0 Å². The topological polar surface area (TPSA) is 38.0 Å². The number of aliphatic hydroxyl groups excluding tert-OH is 1. The second kappa shape index (κ2) is 4.35. The van der Waals surface area contributed by atoms with Crippen molar-refractivity contribution >= 4 is 0 Å². The van der Waals surface area contributed by atoms with Gasteiger partial charge in [-0.25, -0.2) is 0 Å². The summed E-state index contributed by atoms with van der Waals surface area (Å²) in [6, 6.07) is 2.39. The van der Waals surface area contributed by atoms with Crippen LogP contribution in [0.15, 0.2) is 6.07 Å². The Morgan fingerprint density at radius 1 is 1.40 bits per heavy atom. The normalized spacial score (nSPS) is 26.1. The molecule has 1 aromatic rings. The van der Waals surface area contributed by atoms with E-state index in [2.05, 4.69) is 29.7 Å². The first-order valence-corrected chi connectivity index (χ1v) is 6.01. The molecule has 1 aliphatic carbocycles. The molecule has 1 fully saturated rings. The number of hydrogen-bond donors (Lipinski definition) is 1. The van der Waals surface area contributed by atoms with E-state index in [0.717, 1.165) is 37.8 Å². The van der Waals surface area contributed by atoms with Crippen molar-refractivity contribution in [2.75, 3.05) is 0 Å². The van der Waals surface area contributed by atoms with Gasteiger partial charge in [-0.2, -0.15) is 5.10 Å². The Kier molecular flexibility index (Phi) is 3.10. The molecule has 3 heteroatoms. The summed E-state index contributed by atoms with van der Waals surface area (Å²) in [4.78, 5) is 0. The molecule has 1 heterocycles. The summed E-state index contributed by atoms with van der Waals surface area (Å²) in [7, 11) is 0. The molecule has 0 spiro atoms. The van der Waals surface area contributed by atoms with Gasteiger partial charge in [0.15, 0.2) is 0 Å². The zero-order chi connectivity index (χ0) is 10.8. The van der Waals surface area contributed by atoms with Gasteiger partial charge in [-0.05, 0) is 38.2 Å². The maximum absolute atomic E-state index is 9.88. The molecule has 1 aromatic heterocycles. The Morgan fingerprint density at radius 2 is 2.20 bits per heavy atom. The van der Waals surface area contributed by atoms with Crippen LogP contribution < -0.4 is 0 Å². The van der Waals surface area contributed by atoms with Crippen molar-refractivity contribution < 1.29 is 5.11 Å². The molecular weight excluding hydrogens is 188 g/mol. The third-order valence-corrected chi connectivity index (χ3v) is 3.35. The lowest BCUT2D eigenvalue weighted by molar-refractivity contribution is 0.128. The zero-order valence-electron chi connectivity index (χ0n) is 9.61. The first kappa shape index (κ1) is 10.7. The van der Waals surface area contributed by atoms with Gasteiger partial charge in [0.25, 0.3) is 0 Å². The van der Waals surface area contributed by atoms with Crippen LogP contribution in [0.25, 0.3) is 0 Å². The molecule has 2 atom stereocenters. The summed E-state index contributed by atoms with van der Waals surface area (Å²) in [5, 5.41) is 14.5. The Morgan fingerprint density at radius 3 is 2.73 bits per heavy atom. The standard InChI is InChI=1S/C12H20N2O/c1-3-9-8-10(4-2)14(13-9)11-6-5-7-12(11)15/h8,11-12,15H,3-7H2,1-2H3. The highest BCUT2D eigenvalue weighted by Gasteiger charge is 2.28. The summed E-state index contributed by atoms with van der Waals surface area (Å²) in [5.41, 5.74) is 2.41. The van der Waals surface area contributed by atoms with Crippen molar-refractivity contribution in [3.8, 4) is 0 Å². The quantitative estimate of drug-likeness (QED) is 0.826. The number of hydrogen-bond acceptors (Lipinski definition) is 2. The Bertz CT molecular complexity index is 332. The average molecular weight is 208 g/mol. The molecule has 0 saturated heterocycles. The second-order valence-electron chi connectivity index (χ2n) is 4.34. The lowest BCUT2D eigenvalue weighted by Gasteiger charge is -2.17. The van der Waals surface area contributed by atoms with Gasteiger partial charge >= 0.3 is 0 Å². The zero-order valence-corrected chi connectivity index (χ0v) is 9.61. The highest BCUT2D eigenvalue weighted by molar-refractivity contribution is 5.12. The van der Waals surface area contributed by atoms with Crippen LogP contribution in [0.4, 0.5) is 0 Å². The van der Waals surface area contributed by atoms with Crippen LogP contribution >= 0.6 is 0 Å². The summed E-state index contributed by atoms with van der Waals surface area (Å²) < 4.78 is 2.07. The van der Waals surface area contributed by atoms with Gasteiger partial charge in [0.05, 0.1) is 17.8 Å². The van der Waals surface area contributed by atoms with Crippen molar-refractivity contribution in [3.05, 3.63) is 17.5 Å². The molecule has 0 bridgehead atoms. The van der Waals surface area contributed by atoms with Crippen molar-refractivity contribution in [3.63, 3.8) is 0 Å². The first-order chi connectivity index (χ1) is 7.26. The van der Waals surface area contributed by atoms with Crippen LogP contribution in [0.3, 0.4) is 0 Å². The maximum Gasteiger partial charge on any atom is 0.0781 e. The van der Waals surface area contributed by atoms with Gasteiger partial charge in [0.2, 0.25) is 0 Å². The van der Waals surface area contributed by atoms with Crippen LogP contribution in [0.1, 0.15) is 50.5 Å². The average Bonchev–Trinajstić information content (AvgIpc) is 2.82. The van der Waals surface area contributed by atoms with E-state index in [1.165, 1.54) is 5.69 Å². The molecule has 1 N–H and O–H groups in total. The molecule has 2 rings (SSSR count). The maximum atomic E-state index is 9.88. The van der Waals surface area contributed by atoms with Crippen molar-refractivity contribution in [1.82, 2.24) is 9.78 Å². The van der Waals surface area contributed by atoms with Crippen LogP contribution in [-0.2, 0) is 12.8 Å². The molecule has 0 amide bonds. The van der Waals surface area contributed by atoms with E-state index >= 15 is 0 Å². The Hall–Kier alpha value is -0.830. The molecule has 84 valence electrons. The minimum absolute atomic E-state index is 0.195. The molecule has 0 radical (unpaired) electrons. The molecular formula is C12H20N2O. The first-order valence-electron chi connectivity index (χ1n) is 6.01. The number of rotatable bonds is 3. The van der Waals surface area contributed by atoms with Crippen LogP contribution in [0.5, 0.6) is 0 Å². The Labute approximate surface area is 91.1 Å². The largest absolute Gasteiger partial charge is 0.391 e. The number of aliphatic hydroxyl groups is 1. The van der Waals surface area contributed by atoms with E-state index in [1.807, 2.05) is 0 Å². The number of aromatic nitrogens is 2. The smallest absolute Gasteiger partial charge is 0.0781 e. The number of nitrogens with zero attached hydrogens (tertiary/aromatic N) is 2. The number of aryl methyl sites for hydroxylation is 2. The van der Waals surface area contributed by atoms with Crippen LogP contribution in [-0.4, -0.2) is 21.0 Å². The highest BCUT2D eigenvalue weighted by Crippen LogP contribution is 2.31. The van der Waals surface area contributed by atoms with Gasteiger partial charge < -0.3 is 5.11 Å². The predicted molar refractivity (Wildman–Crippen MR) is 59.9 cm³/mol. The van der Waals surface area contributed by atoms with Gasteiger partial charge in [0.1, 0.15) is 0 Å². The van der Waals surface area contributed by atoms with E-state index in [9.17, 15) is 5.11 Å². The molecule has 2 unspecified atom stereocenters. The third kappa shape index (κ3) is 1.93. The molecule has 15 heavy (non-hydrogen) atoms. The summed E-state index contributed by atoms with van der Waals surface area (Å²) >= 11 is 0. The minimum atomic E-state index is -0.195. The SMILES string of the molecule is CCc1cc(CC)n(C2CCCC2O)n1. The lowest BCUT2D eigenvalue weighted by Crippen LogP contribution is -2.21. The fraction of sp³-hybridized carbons (Fsp3) is 0.750. The van der Waals surface area contributed by atoms with Crippen molar-refractivity contribution in [2.45, 2.75) is 58.1 Å². The molecule has 3 nitrogen and oxygen atoms in total. The van der Waals surface area contributed by atoms with Gasteiger partial charge in [0, 0.05) is 5.69 Å².